The Morgan fingerprint density at radius 3 is 2.58 bits per heavy atom. The molecule has 1 aromatic carbocycles. The van der Waals surface area contributed by atoms with Crippen molar-refractivity contribution < 1.29 is 31.9 Å². The van der Waals surface area contributed by atoms with Crippen LogP contribution in [0.1, 0.15) is 28.8 Å². The predicted octanol–water partition coefficient (Wildman–Crippen LogP) is 3.28. The molecule has 164 valence electrons. The minimum atomic E-state index is -4.69. The van der Waals surface area contributed by atoms with Crippen LogP contribution in [0, 0.1) is 5.82 Å². The fourth-order valence-electron chi connectivity index (χ4n) is 4.07. The molecule has 0 radical (unpaired) electrons. The highest BCUT2D eigenvalue weighted by Gasteiger charge is 2.45. The van der Waals surface area contributed by atoms with Crippen molar-refractivity contribution in [3.05, 3.63) is 59.7 Å². The minimum absolute atomic E-state index is 0.0308. The lowest BCUT2D eigenvalue weighted by Crippen LogP contribution is -2.62. The smallest absolute Gasteiger partial charge is 0.361 e. The van der Waals surface area contributed by atoms with E-state index in [1.807, 2.05) is 0 Å². The van der Waals surface area contributed by atoms with Crippen LogP contribution in [-0.2, 0) is 15.7 Å². The van der Waals surface area contributed by atoms with Crippen LogP contribution in [0.5, 0.6) is 0 Å². The normalized spacial score (nSPS) is 22.1. The average molecular weight is 437 g/mol. The molecular formula is C21H19F4N3O3. The first kappa shape index (κ1) is 21.2. The highest BCUT2D eigenvalue weighted by molar-refractivity contribution is 5.96. The molecule has 2 amide bonds. The maximum Gasteiger partial charge on any atom is 0.417 e. The van der Waals surface area contributed by atoms with Crippen molar-refractivity contribution in [1.29, 1.82) is 0 Å². The SMILES string of the molecule is O=C(c1cnccc1C(F)(F)F)N1CCCC2(C1)CN(c1ccc(F)cc1)C(=O)CO2. The van der Waals surface area contributed by atoms with Gasteiger partial charge in [0, 0.05) is 24.6 Å². The number of morpholine rings is 1. The van der Waals surface area contributed by atoms with Gasteiger partial charge in [0.05, 0.1) is 24.2 Å². The zero-order valence-corrected chi connectivity index (χ0v) is 16.4. The molecule has 1 atom stereocenters. The standard InChI is InChI=1S/C21H19F4N3O3/c22-14-2-4-15(5-3-14)28-13-20(31-11-18(28)29)7-1-9-27(12-20)19(30)16-10-26-8-6-17(16)21(23,24)25/h2-6,8,10H,1,7,9,11-13H2. The Bertz CT molecular complexity index is 996. The summed E-state index contributed by atoms with van der Waals surface area (Å²) in [6.45, 7) is 0.171. The van der Waals surface area contributed by atoms with Crippen LogP contribution in [0.25, 0.3) is 0 Å². The molecule has 2 saturated heterocycles. The fourth-order valence-corrected chi connectivity index (χ4v) is 4.07. The molecule has 4 rings (SSSR count). The third-order valence-corrected chi connectivity index (χ3v) is 5.57. The summed E-state index contributed by atoms with van der Waals surface area (Å²) in [4.78, 5) is 31.8. The van der Waals surface area contributed by atoms with E-state index in [1.165, 1.54) is 34.1 Å². The number of anilines is 1. The van der Waals surface area contributed by atoms with Gasteiger partial charge in [0.25, 0.3) is 11.8 Å². The largest absolute Gasteiger partial charge is 0.417 e. The summed E-state index contributed by atoms with van der Waals surface area (Å²) >= 11 is 0. The number of rotatable bonds is 2. The Kier molecular flexibility index (Phi) is 5.42. The van der Waals surface area contributed by atoms with Crippen molar-refractivity contribution >= 4 is 17.5 Å². The first-order valence-electron chi connectivity index (χ1n) is 9.69. The van der Waals surface area contributed by atoms with Crippen LogP contribution in [0.3, 0.4) is 0 Å². The van der Waals surface area contributed by atoms with Crippen molar-refractivity contribution in [2.24, 2.45) is 0 Å². The van der Waals surface area contributed by atoms with Crippen LogP contribution in [0.2, 0.25) is 0 Å². The van der Waals surface area contributed by atoms with Crippen molar-refractivity contribution in [1.82, 2.24) is 9.88 Å². The molecule has 2 aliphatic heterocycles. The second-order valence-electron chi connectivity index (χ2n) is 7.68. The van der Waals surface area contributed by atoms with Gasteiger partial charge in [-0.05, 0) is 43.2 Å². The van der Waals surface area contributed by atoms with Gasteiger partial charge in [-0.25, -0.2) is 4.39 Å². The summed E-state index contributed by atoms with van der Waals surface area (Å²) in [7, 11) is 0. The molecule has 0 saturated carbocycles. The van der Waals surface area contributed by atoms with Crippen LogP contribution in [0.4, 0.5) is 23.2 Å². The summed E-state index contributed by atoms with van der Waals surface area (Å²) in [6, 6.07) is 6.20. The molecule has 0 bridgehead atoms. The lowest BCUT2D eigenvalue weighted by Gasteiger charge is -2.47. The van der Waals surface area contributed by atoms with Gasteiger partial charge in [-0.3, -0.25) is 14.6 Å². The number of benzene rings is 1. The van der Waals surface area contributed by atoms with Gasteiger partial charge in [-0.1, -0.05) is 0 Å². The molecule has 1 unspecified atom stereocenters. The number of nitrogens with zero attached hydrogens (tertiary/aromatic N) is 3. The average Bonchev–Trinajstić information content (AvgIpc) is 2.75. The van der Waals surface area contributed by atoms with Crippen molar-refractivity contribution in [3.63, 3.8) is 0 Å². The Morgan fingerprint density at radius 1 is 1.13 bits per heavy atom. The van der Waals surface area contributed by atoms with Crippen molar-refractivity contribution in [2.45, 2.75) is 24.6 Å². The summed E-state index contributed by atoms with van der Waals surface area (Å²) in [5, 5.41) is 0. The van der Waals surface area contributed by atoms with Gasteiger partial charge in [0.2, 0.25) is 0 Å². The van der Waals surface area contributed by atoms with E-state index in [0.29, 0.717) is 18.5 Å². The third-order valence-electron chi connectivity index (χ3n) is 5.57. The lowest BCUT2D eigenvalue weighted by atomic mass is 9.89. The van der Waals surface area contributed by atoms with Gasteiger partial charge >= 0.3 is 6.18 Å². The minimum Gasteiger partial charge on any atom is -0.361 e. The van der Waals surface area contributed by atoms with E-state index in [2.05, 4.69) is 4.98 Å². The Hall–Kier alpha value is -3.01. The number of hydrogen-bond acceptors (Lipinski definition) is 4. The number of piperidine rings is 1. The maximum absolute atomic E-state index is 13.3. The van der Waals surface area contributed by atoms with Crippen LogP contribution in [-0.4, -0.2) is 53.5 Å². The summed E-state index contributed by atoms with van der Waals surface area (Å²) < 4.78 is 59.1. The second-order valence-corrected chi connectivity index (χ2v) is 7.68. The number of carbonyl (C=O) groups is 2. The van der Waals surface area contributed by atoms with Crippen LogP contribution in [0.15, 0.2) is 42.7 Å². The first-order chi connectivity index (χ1) is 14.7. The van der Waals surface area contributed by atoms with Gasteiger partial charge in [0.15, 0.2) is 0 Å². The number of hydrogen-bond donors (Lipinski definition) is 0. The number of amides is 2. The number of halogens is 4. The van der Waals surface area contributed by atoms with E-state index in [4.69, 9.17) is 4.74 Å². The molecule has 6 nitrogen and oxygen atoms in total. The summed E-state index contributed by atoms with van der Waals surface area (Å²) in [5.41, 5.74) is -1.99. The maximum atomic E-state index is 13.3. The topological polar surface area (TPSA) is 62.7 Å². The fraction of sp³-hybridized carbons (Fsp3) is 0.381. The lowest BCUT2D eigenvalue weighted by molar-refractivity contribution is -0.144. The first-order valence-corrected chi connectivity index (χ1v) is 9.69. The van der Waals surface area contributed by atoms with Gasteiger partial charge in [-0.2, -0.15) is 13.2 Å². The zero-order valence-electron chi connectivity index (χ0n) is 16.4. The predicted molar refractivity (Wildman–Crippen MR) is 102 cm³/mol. The molecule has 2 aliphatic rings. The number of alkyl halides is 3. The number of ether oxygens (including phenoxy) is 1. The highest BCUT2D eigenvalue weighted by atomic mass is 19.4. The third kappa shape index (κ3) is 4.25. The monoisotopic (exact) mass is 437 g/mol. The highest BCUT2D eigenvalue weighted by Crippen LogP contribution is 2.35. The molecule has 0 aliphatic carbocycles. The second kappa shape index (κ2) is 7.92. The molecule has 2 fully saturated rings. The Morgan fingerprint density at radius 2 is 1.87 bits per heavy atom. The van der Waals surface area contributed by atoms with Gasteiger partial charge in [0.1, 0.15) is 18.0 Å². The molecule has 1 spiro atoms. The van der Waals surface area contributed by atoms with Gasteiger partial charge in [-0.15, -0.1) is 0 Å². The van der Waals surface area contributed by atoms with Crippen LogP contribution < -0.4 is 4.90 Å². The number of aromatic nitrogens is 1. The quantitative estimate of drug-likeness (QED) is 0.677. The summed E-state index contributed by atoms with van der Waals surface area (Å²) in [5.74, 6) is -1.54. The molecule has 0 N–H and O–H groups in total. The van der Waals surface area contributed by atoms with E-state index in [1.54, 1.807) is 0 Å². The molecule has 1 aromatic heterocycles. The van der Waals surface area contributed by atoms with Crippen molar-refractivity contribution in [3.8, 4) is 0 Å². The number of carbonyl (C=O) groups excluding carboxylic acids is 2. The summed E-state index contributed by atoms with van der Waals surface area (Å²) in [6.07, 6.45) is -1.75. The zero-order chi connectivity index (χ0) is 22.2. The molecule has 10 heteroatoms. The van der Waals surface area contributed by atoms with E-state index < -0.39 is 34.6 Å². The van der Waals surface area contributed by atoms with E-state index in [0.717, 1.165) is 18.5 Å². The molecule has 31 heavy (non-hydrogen) atoms. The van der Waals surface area contributed by atoms with Crippen LogP contribution >= 0.6 is 0 Å². The molecular weight excluding hydrogens is 418 g/mol. The Balaban J connectivity index is 1.57. The van der Waals surface area contributed by atoms with Crippen molar-refractivity contribution in [2.75, 3.05) is 31.1 Å². The van der Waals surface area contributed by atoms with Gasteiger partial charge < -0.3 is 14.5 Å². The Labute approximate surface area is 175 Å². The molecule has 2 aromatic rings. The van der Waals surface area contributed by atoms with E-state index in [9.17, 15) is 27.2 Å². The number of pyridine rings is 1. The molecule has 3 heterocycles. The van der Waals surface area contributed by atoms with E-state index >= 15 is 0 Å². The van der Waals surface area contributed by atoms with E-state index in [-0.39, 0.29) is 32.1 Å². The number of likely N-dealkylation sites (tertiary alicyclic amines) is 1.